The molecule has 0 fully saturated rings. The molecule has 5 nitrogen and oxygen atoms in total. The third kappa shape index (κ3) is 2.17. The van der Waals surface area contributed by atoms with Crippen LogP contribution in [0.4, 0.5) is 0 Å². The number of hydrogen-bond donors (Lipinski definition) is 0. The van der Waals surface area contributed by atoms with Crippen molar-refractivity contribution in [3.8, 4) is 0 Å². The number of azide groups is 1. The first kappa shape index (κ1) is 12.8. The number of carbonyl (C=O) groups is 1. The SMILES string of the molecule is [N-]=[N+]=N[C@@H]1C2=C(CCCC2)C(=O)N1Cc1ccccc1. The second kappa shape index (κ2) is 5.39. The number of benzene rings is 1. The fourth-order valence-corrected chi connectivity index (χ4v) is 3.05. The van der Waals surface area contributed by atoms with Gasteiger partial charge in [0.1, 0.15) is 6.17 Å². The van der Waals surface area contributed by atoms with Gasteiger partial charge in [-0.25, -0.2) is 0 Å². The van der Waals surface area contributed by atoms with Crippen molar-refractivity contribution in [3.63, 3.8) is 0 Å². The van der Waals surface area contributed by atoms with Crippen LogP contribution in [0.25, 0.3) is 10.4 Å². The van der Waals surface area contributed by atoms with Gasteiger partial charge in [0.15, 0.2) is 0 Å². The molecule has 2 aliphatic rings. The molecule has 0 saturated carbocycles. The average molecular weight is 268 g/mol. The van der Waals surface area contributed by atoms with Crippen LogP contribution in [-0.4, -0.2) is 17.0 Å². The summed E-state index contributed by atoms with van der Waals surface area (Å²) in [5.41, 5.74) is 11.8. The van der Waals surface area contributed by atoms with E-state index in [1.54, 1.807) is 4.90 Å². The smallest absolute Gasteiger partial charge is 0.250 e. The van der Waals surface area contributed by atoms with E-state index in [-0.39, 0.29) is 5.91 Å². The van der Waals surface area contributed by atoms with E-state index in [0.717, 1.165) is 42.4 Å². The van der Waals surface area contributed by atoms with Crippen LogP contribution in [0.3, 0.4) is 0 Å². The lowest BCUT2D eigenvalue weighted by molar-refractivity contribution is -0.127. The molecule has 102 valence electrons. The standard InChI is InChI=1S/C15H16N4O/c16-18-17-14-12-8-4-5-9-13(12)15(20)19(14)10-11-6-2-1-3-7-11/h1-3,6-7,14H,4-5,8-10H2/t14-/m0/s1. The van der Waals surface area contributed by atoms with Crippen LogP contribution in [0.1, 0.15) is 31.2 Å². The molecule has 0 aromatic heterocycles. The molecule has 0 spiro atoms. The number of rotatable bonds is 3. The highest BCUT2D eigenvalue weighted by atomic mass is 16.2. The Morgan fingerprint density at radius 2 is 2.00 bits per heavy atom. The molecule has 1 amide bonds. The number of carbonyl (C=O) groups excluding carboxylic acids is 1. The Labute approximate surface area is 117 Å². The quantitative estimate of drug-likeness (QED) is 0.469. The van der Waals surface area contributed by atoms with Crippen LogP contribution in [0.15, 0.2) is 46.6 Å². The molecule has 0 unspecified atom stereocenters. The predicted molar refractivity (Wildman–Crippen MR) is 75.4 cm³/mol. The lowest BCUT2D eigenvalue weighted by Gasteiger charge is -2.23. The Morgan fingerprint density at radius 3 is 2.75 bits per heavy atom. The summed E-state index contributed by atoms with van der Waals surface area (Å²) in [6, 6.07) is 9.82. The summed E-state index contributed by atoms with van der Waals surface area (Å²) in [6.07, 6.45) is 3.38. The molecule has 1 heterocycles. The minimum atomic E-state index is -0.428. The number of nitrogens with zero attached hydrogens (tertiary/aromatic N) is 4. The first-order chi connectivity index (χ1) is 9.81. The predicted octanol–water partition coefficient (Wildman–Crippen LogP) is 3.54. The van der Waals surface area contributed by atoms with Crippen molar-refractivity contribution < 1.29 is 4.79 Å². The van der Waals surface area contributed by atoms with Crippen LogP contribution >= 0.6 is 0 Å². The molecule has 20 heavy (non-hydrogen) atoms. The lowest BCUT2D eigenvalue weighted by Crippen LogP contribution is -2.33. The van der Waals surface area contributed by atoms with Crippen molar-refractivity contribution in [2.75, 3.05) is 0 Å². The second-order valence-corrected chi connectivity index (χ2v) is 5.21. The van der Waals surface area contributed by atoms with Crippen molar-refractivity contribution in [1.29, 1.82) is 0 Å². The van der Waals surface area contributed by atoms with Gasteiger partial charge in [-0.05, 0) is 42.4 Å². The van der Waals surface area contributed by atoms with Crippen LogP contribution < -0.4 is 0 Å². The van der Waals surface area contributed by atoms with Gasteiger partial charge in [-0.3, -0.25) is 4.79 Å². The van der Waals surface area contributed by atoms with E-state index >= 15 is 0 Å². The molecule has 0 bridgehead atoms. The van der Waals surface area contributed by atoms with E-state index in [9.17, 15) is 4.79 Å². The fraction of sp³-hybridized carbons (Fsp3) is 0.400. The Kier molecular flexibility index (Phi) is 3.44. The van der Waals surface area contributed by atoms with E-state index in [1.807, 2.05) is 30.3 Å². The summed E-state index contributed by atoms with van der Waals surface area (Å²) in [5, 5.41) is 3.86. The molecule has 0 radical (unpaired) electrons. The molecule has 1 atom stereocenters. The Morgan fingerprint density at radius 1 is 1.25 bits per heavy atom. The highest BCUT2D eigenvalue weighted by Crippen LogP contribution is 2.37. The molecular weight excluding hydrogens is 252 g/mol. The zero-order chi connectivity index (χ0) is 13.9. The molecule has 5 heteroatoms. The summed E-state index contributed by atoms with van der Waals surface area (Å²) >= 11 is 0. The summed E-state index contributed by atoms with van der Waals surface area (Å²) in [6.45, 7) is 0.496. The molecule has 1 aromatic carbocycles. The van der Waals surface area contributed by atoms with Gasteiger partial charge >= 0.3 is 0 Å². The van der Waals surface area contributed by atoms with E-state index in [4.69, 9.17) is 5.53 Å². The minimum Gasteiger partial charge on any atom is -0.322 e. The van der Waals surface area contributed by atoms with E-state index < -0.39 is 6.17 Å². The van der Waals surface area contributed by atoms with Crippen molar-refractivity contribution >= 4 is 5.91 Å². The van der Waals surface area contributed by atoms with Gasteiger partial charge in [0.25, 0.3) is 5.91 Å². The van der Waals surface area contributed by atoms with Gasteiger partial charge in [0.2, 0.25) is 0 Å². The van der Waals surface area contributed by atoms with Crippen molar-refractivity contribution in [3.05, 3.63) is 57.5 Å². The zero-order valence-electron chi connectivity index (χ0n) is 11.2. The van der Waals surface area contributed by atoms with Crippen molar-refractivity contribution in [1.82, 2.24) is 4.90 Å². The van der Waals surface area contributed by atoms with Crippen molar-refractivity contribution in [2.45, 2.75) is 38.4 Å². The molecule has 1 aliphatic carbocycles. The van der Waals surface area contributed by atoms with E-state index in [1.165, 1.54) is 0 Å². The first-order valence-electron chi connectivity index (χ1n) is 6.92. The van der Waals surface area contributed by atoms with E-state index in [2.05, 4.69) is 10.0 Å². The summed E-state index contributed by atoms with van der Waals surface area (Å²) in [4.78, 5) is 17.1. The summed E-state index contributed by atoms with van der Waals surface area (Å²) in [5.74, 6) is 0.0425. The highest BCUT2D eigenvalue weighted by Gasteiger charge is 2.38. The third-order valence-corrected chi connectivity index (χ3v) is 3.99. The Balaban J connectivity index is 1.91. The summed E-state index contributed by atoms with van der Waals surface area (Å²) < 4.78 is 0. The van der Waals surface area contributed by atoms with Gasteiger partial charge in [-0.2, -0.15) is 0 Å². The van der Waals surface area contributed by atoms with Gasteiger partial charge in [-0.15, -0.1) is 0 Å². The molecule has 3 rings (SSSR count). The highest BCUT2D eigenvalue weighted by molar-refractivity contribution is 5.97. The Hall–Kier alpha value is -2.26. The largest absolute Gasteiger partial charge is 0.322 e. The molecule has 0 saturated heterocycles. The minimum absolute atomic E-state index is 0.0425. The zero-order valence-corrected chi connectivity index (χ0v) is 11.2. The number of amides is 1. The van der Waals surface area contributed by atoms with Gasteiger partial charge < -0.3 is 4.90 Å². The topological polar surface area (TPSA) is 69.1 Å². The van der Waals surface area contributed by atoms with Gasteiger partial charge in [-0.1, -0.05) is 35.4 Å². The van der Waals surface area contributed by atoms with Crippen molar-refractivity contribution in [2.24, 2.45) is 5.11 Å². The van der Waals surface area contributed by atoms with Gasteiger partial charge in [0.05, 0.1) is 0 Å². The lowest BCUT2D eigenvalue weighted by atomic mass is 9.93. The van der Waals surface area contributed by atoms with Crippen LogP contribution in [0, 0.1) is 0 Å². The monoisotopic (exact) mass is 268 g/mol. The summed E-state index contributed by atoms with van der Waals surface area (Å²) in [7, 11) is 0. The second-order valence-electron chi connectivity index (χ2n) is 5.21. The van der Waals surface area contributed by atoms with Crippen LogP contribution in [-0.2, 0) is 11.3 Å². The van der Waals surface area contributed by atoms with Crippen LogP contribution in [0.5, 0.6) is 0 Å². The maximum absolute atomic E-state index is 12.5. The Bertz CT molecular complexity index is 602. The maximum atomic E-state index is 12.5. The normalized spacial score (nSPS) is 21.7. The fourth-order valence-electron chi connectivity index (χ4n) is 3.05. The number of hydrogen-bond acceptors (Lipinski definition) is 2. The molecule has 1 aromatic rings. The first-order valence-corrected chi connectivity index (χ1v) is 6.92. The third-order valence-electron chi connectivity index (χ3n) is 3.99. The molecular formula is C15H16N4O. The van der Waals surface area contributed by atoms with Crippen LogP contribution in [0.2, 0.25) is 0 Å². The van der Waals surface area contributed by atoms with E-state index in [0.29, 0.717) is 6.54 Å². The van der Waals surface area contributed by atoms with Gasteiger partial charge in [0, 0.05) is 17.0 Å². The molecule has 0 N–H and O–H groups in total. The maximum Gasteiger partial charge on any atom is 0.250 e. The molecule has 1 aliphatic heterocycles. The average Bonchev–Trinajstić information content (AvgIpc) is 2.75.